The lowest BCUT2D eigenvalue weighted by Gasteiger charge is -2.35. The fraction of sp³-hybridized carbons (Fsp3) is 1.00. The van der Waals surface area contributed by atoms with Crippen molar-refractivity contribution in [2.45, 2.75) is 39.5 Å². The van der Waals surface area contributed by atoms with Crippen LogP contribution in [0.15, 0.2) is 0 Å². The number of alkyl halides is 1. The van der Waals surface area contributed by atoms with E-state index in [1.807, 2.05) is 11.8 Å². The Kier molecular flexibility index (Phi) is 10.3. The minimum Gasteiger partial charge on any atom is -0.305 e. The average molecular weight is 310 g/mol. The summed E-state index contributed by atoms with van der Waals surface area (Å²) in [6.07, 6.45) is 7.46. The van der Waals surface area contributed by atoms with E-state index >= 15 is 0 Å². The van der Waals surface area contributed by atoms with E-state index in [0.29, 0.717) is 5.41 Å². The third-order valence-corrected chi connectivity index (χ3v) is 4.91. The molecule has 0 atom stereocenters. The second kappa shape index (κ2) is 9.78. The molecule has 1 nitrogen and oxygen atoms in total. The monoisotopic (exact) mass is 309 g/mol. The highest BCUT2D eigenvalue weighted by atomic mass is 79.9. The van der Waals surface area contributed by atoms with Crippen LogP contribution in [0.2, 0.25) is 0 Å². The van der Waals surface area contributed by atoms with Crippen LogP contribution in [-0.2, 0) is 0 Å². The zero-order chi connectivity index (χ0) is 12.4. The van der Waals surface area contributed by atoms with Crippen molar-refractivity contribution in [1.29, 1.82) is 0 Å². The third-order valence-electron chi connectivity index (χ3n) is 3.13. The van der Waals surface area contributed by atoms with Crippen LogP contribution in [0.5, 0.6) is 0 Å². The molecule has 0 aliphatic carbocycles. The second-order valence-corrected chi connectivity index (χ2v) is 6.41. The van der Waals surface area contributed by atoms with Gasteiger partial charge < -0.3 is 4.90 Å². The first kappa shape index (κ1) is 16.8. The van der Waals surface area contributed by atoms with Crippen LogP contribution in [0.1, 0.15) is 39.5 Å². The number of thioether (sulfide) groups is 1. The lowest BCUT2D eigenvalue weighted by molar-refractivity contribution is 0.177. The number of hydrogen-bond donors (Lipinski definition) is 0. The highest BCUT2D eigenvalue weighted by molar-refractivity contribution is 9.09. The molecule has 0 bridgehead atoms. The summed E-state index contributed by atoms with van der Waals surface area (Å²) in [4.78, 5) is 2.50. The summed E-state index contributed by atoms with van der Waals surface area (Å²) < 4.78 is 0. The van der Waals surface area contributed by atoms with Crippen LogP contribution in [-0.4, -0.2) is 42.4 Å². The molecule has 0 rings (SSSR count). The SMILES string of the molecule is CCCC(CBr)(CCC)CN(C)CCSC. The van der Waals surface area contributed by atoms with Gasteiger partial charge in [0, 0.05) is 24.2 Å². The van der Waals surface area contributed by atoms with Gasteiger partial charge >= 0.3 is 0 Å². The first-order valence-electron chi connectivity index (χ1n) is 6.37. The van der Waals surface area contributed by atoms with Crippen molar-refractivity contribution in [2.75, 3.05) is 37.5 Å². The van der Waals surface area contributed by atoms with Gasteiger partial charge in [0.1, 0.15) is 0 Å². The first-order valence-corrected chi connectivity index (χ1v) is 8.89. The zero-order valence-corrected chi connectivity index (χ0v) is 13.8. The Bertz CT molecular complexity index is 158. The van der Waals surface area contributed by atoms with E-state index in [2.05, 4.69) is 48.0 Å². The molecule has 0 aliphatic rings. The highest BCUT2D eigenvalue weighted by Gasteiger charge is 2.28. The van der Waals surface area contributed by atoms with E-state index in [9.17, 15) is 0 Å². The summed E-state index contributed by atoms with van der Waals surface area (Å²) >= 11 is 5.68. The fourth-order valence-corrected chi connectivity index (χ4v) is 3.65. The molecule has 0 aromatic carbocycles. The molecule has 0 aromatic rings. The average Bonchev–Trinajstić information content (AvgIpc) is 2.27. The van der Waals surface area contributed by atoms with Crippen LogP contribution >= 0.6 is 27.7 Å². The van der Waals surface area contributed by atoms with Crippen molar-refractivity contribution < 1.29 is 0 Å². The van der Waals surface area contributed by atoms with E-state index in [0.717, 1.165) is 5.33 Å². The van der Waals surface area contributed by atoms with Gasteiger partial charge in [0.25, 0.3) is 0 Å². The van der Waals surface area contributed by atoms with Crippen molar-refractivity contribution in [3.63, 3.8) is 0 Å². The predicted molar refractivity (Wildman–Crippen MR) is 81.9 cm³/mol. The maximum Gasteiger partial charge on any atom is 0.0100 e. The summed E-state index contributed by atoms with van der Waals surface area (Å²) in [6.45, 7) is 7.05. The molecule has 0 spiro atoms. The topological polar surface area (TPSA) is 3.24 Å². The molecule has 0 saturated heterocycles. The summed E-state index contributed by atoms with van der Waals surface area (Å²) in [5, 5.41) is 1.14. The Morgan fingerprint density at radius 2 is 1.75 bits per heavy atom. The van der Waals surface area contributed by atoms with Gasteiger partial charge in [-0.15, -0.1) is 0 Å². The Labute approximate surface area is 115 Å². The quantitative estimate of drug-likeness (QED) is 0.555. The van der Waals surface area contributed by atoms with Crippen LogP contribution in [0.25, 0.3) is 0 Å². The van der Waals surface area contributed by atoms with Crippen molar-refractivity contribution in [3.05, 3.63) is 0 Å². The van der Waals surface area contributed by atoms with Crippen LogP contribution in [0.3, 0.4) is 0 Å². The van der Waals surface area contributed by atoms with Crippen LogP contribution in [0, 0.1) is 5.41 Å². The van der Waals surface area contributed by atoms with E-state index in [1.165, 1.54) is 44.5 Å². The van der Waals surface area contributed by atoms with Crippen molar-refractivity contribution in [3.8, 4) is 0 Å². The molecule has 0 aromatic heterocycles. The Balaban J connectivity index is 4.26. The molecule has 0 radical (unpaired) electrons. The van der Waals surface area contributed by atoms with E-state index in [-0.39, 0.29) is 0 Å². The molecule has 98 valence electrons. The minimum absolute atomic E-state index is 0.497. The predicted octanol–water partition coefficient (Wildman–Crippen LogP) is 4.26. The van der Waals surface area contributed by atoms with Crippen molar-refractivity contribution in [1.82, 2.24) is 4.90 Å². The van der Waals surface area contributed by atoms with Gasteiger partial charge in [-0.1, -0.05) is 42.6 Å². The van der Waals surface area contributed by atoms with Crippen LogP contribution < -0.4 is 0 Å². The molecule has 0 fully saturated rings. The molecule has 16 heavy (non-hydrogen) atoms. The van der Waals surface area contributed by atoms with Gasteiger partial charge in [-0.05, 0) is 31.6 Å². The lowest BCUT2D eigenvalue weighted by Crippen LogP contribution is -2.38. The molecule has 0 N–H and O–H groups in total. The summed E-state index contributed by atoms with van der Waals surface area (Å²) in [7, 11) is 2.26. The summed E-state index contributed by atoms with van der Waals surface area (Å²) in [5.74, 6) is 1.24. The molecule has 0 aliphatic heterocycles. The van der Waals surface area contributed by atoms with Gasteiger partial charge in [-0.3, -0.25) is 0 Å². The smallest absolute Gasteiger partial charge is 0.0100 e. The van der Waals surface area contributed by atoms with Crippen molar-refractivity contribution >= 4 is 27.7 Å². The van der Waals surface area contributed by atoms with Gasteiger partial charge in [0.05, 0.1) is 0 Å². The Hall–Kier alpha value is 0.790. The maximum atomic E-state index is 3.74. The van der Waals surface area contributed by atoms with E-state index < -0.39 is 0 Å². The summed E-state index contributed by atoms with van der Waals surface area (Å²) in [6, 6.07) is 0. The van der Waals surface area contributed by atoms with Gasteiger partial charge in [0.2, 0.25) is 0 Å². The van der Waals surface area contributed by atoms with Gasteiger partial charge in [-0.25, -0.2) is 0 Å². The summed E-state index contributed by atoms with van der Waals surface area (Å²) in [5.41, 5.74) is 0.497. The number of rotatable bonds is 10. The maximum absolute atomic E-state index is 3.74. The van der Waals surface area contributed by atoms with Gasteiger partial charge in [0.15, 0.2) is 0 Å². The molecule has 3 heteroatoms. The van der Waals surface area contributed by atoms with Crippen LogP contribution in [0.4, 0.5) is 0 Å². The Morgan fingerprint density at radius 1 is 1.19 bits per heavy atom. The zero-order valence-electron chi connectivity index (χ0n) is 11.4. The largest absolute Gasteiger partial charge is 0.305 e. The molecule has 0 unspecified atom stereocenters. The molecule has 0 saturated carbocycles. The molecular formula is C13H28BrNS. The molecule has 0 amide bonds. The fourth-order valence-electron chi connectivity index (χ4n) is 2.42. The number of nitrogens with zero attached hydrogens (tertiary/aromatic N) is 1. The number of hydrogen-bond acceptors (Lipinski definition) is 2. The number of halogens is 1. The Morgan fingerprint density at radius 3 is 2.12 bits per heavy atom. The molecular weight excluding hydrogens is 282 g/mol. The minimum atomic E-state index is 0.497. The normalized spacial score (nSPS) is 12.4. The van der Waals surface area contributed by atoms with Crippen molar-refractivity contribution in [2.24, 2.45) is 5.41 Å². The van der Waals surface area contributed by atoms with E-state index in [4.69, 9.17) is 0 Å². The third kappa shape index (κ3) is 6.51. The second-order valence-electron chi connectivity index (χ2n) is 4.86. The standard InChI is InChI=1S/C13H28BrNS/c1-5-7-13(11-14,8-6-2)12-15(3)9-10-16-4/h5-12H2,1-4H3. The molecule has 0 heterocycles. The highest BCUT2D eigenvalue weighted by Crippen LogP contribution is 2.32. The lowest BCUT2D eigenvalue weighted by atomic mass is 9.81. The van der Waals surface area contributed by atoms with E-state index in [1.54, 1.807) is 0 Å². The first-order chi connectivity index (χ1) is 7.64. The van der Waals surface area contributed by atoms with Gasteiger partial charge in [-0.2, -0.15) is 11.8 Å².